The van der Waals surface area contributed by atoms with E-state index in [0.29, 0.717) is 42.2 Å². The molecular formula is C21H26ClN3O2. The average Bonchev–Trinajstić information content (AvgIpc) is 2.67. The van der Waals surface area contributed by atoms with Gasteiger partial charge in [0.15, 0.2) is 0 Å². The van der Waals surface area contributed by atoms with Crippen molar-refractivity contribution in [2.75, 3.05) is 19.6 Å². The minimum atomic E-state index is -0.239. The number of amides is 2. The van der Waals surface area contributed by atoms with E-state index in [0.717, 1.165) is 18.4 Å². The van der Waals surface area contributed by atoms with E-state index in [9.17, 15) is 9.59 Å². The summed E-state index contributed by atoms with van der Waals surface area (Å²) >= 11 is 5.97. The zero-order valence-electron chi connectivity index (χ0n) is 15.9. The van der Waals surface area contributed by atoms with Crippen molar-refractivity contribution in [1.82, 2.24) is 15.2 Å². The fourth-order valence-corrected chi connectivity index (χ4v) is 3.05. The lowest BCUT2D eigenvalue weighted by Gasteiger charge is -2.21. The van der Waals surface area contributed by atoms with Crippen molar-refractivity contribution in [3.05, 3.63) is 64.4 Å². The molecule has 0 atom stereocenters. The molecule has 0 aliphatic rings. The van der Waals surface area contributed by atoms with Crippen LogP contribution in [-0.2, 0) is 6.42 Å². The molecule has 0 saturated carbocycles. The van der Waals surface area contributed by atoms with E-state index in [1.807, 2.05) is 38.1 Å². The van der Waals surface area contributed by atoms with E-state index >= 15 is 0 Å². The number of hydrogen-bond acceptors (Lipinski definition) is 3. The summed E-state index contributed by atoms with van der Waals surface area (Å²) in [6, 6.07) is 9.16. The van der Waals surface area contributed by atoms with Gasteiger partial charge in [0, 0.05) is 37.1 Å². The molecule has 1 aromatic heterocycles. The molecule has 1 heterocycles. The average molecular weight is 388 g/mol. The van der Waals surface area contributed by atoms with Crippen LogP contribution in [0.3, 0.4) is 0 Å². The fraction of sp³-hybridized carbons (Fsp3) is 0.381. The first-order valence-corrected chi connectivity index (χ1v) is 9.70. The zero-order chi connectivity index (χ0) is 19.6. The highest BCUT2D eigenvalue weighted by Crippen LogP contribution is 2.11. The lowest BCUT2D eigenvalue weighted by atomic mass is 10.1. The highest BCUT2D eigenvalue weighted by molar-refractivity contribution is 6.30. The summed E-state index contributed by atoms with van der Waals surface area (Å²) in [4.78, 5) is 31.0. The Morgan fingerprint density at radius 3 is 2.44 bits per heavy atom. The summed E-state index contributed by atoms with van der Waals surface area (Å²) in [7, 11) is 0. The number of benzene rings is 1. The molecule has 2 aromatic rings. The van der Waals surface area contributed by atoms with Crippen molar-refractivity contribution in [2.24, 2.45) is 0 Å². The summed E-state index contributed by atoms with van der Waals surface area (Å²) in [6.45, 7) is 5.95. The van der Waals surface area contributed by atoms with Gasteiger partial charge in [0.05, 0.1) is 11.1 Å². The largest absolute Gasteiger partial charge is 0.352 e. The molecule has 6 heteroatoms. The van der Waals surface area contributed by atoms with Crippen LogP contribution < -0.4 is 5.32 Å². The normalized spacial score (nSPS) is 10.5. The van der Waals surface area contributed by atoms with Gasteiger partial charge in [-0.05, 0) is 43.0 Å². The molecule has 0 aliphatic carbocycles. The topological polar surface area (TPSA) is 62.3 Å². The molecule has 0 saturated heterocycles. The monoisotopic (exact) mass is 387 g/mol. The molecule has 1 aromatic carbocycles. The van der Waals surface area contributed by atoms with Crippen molar-refractivity contribution in [3.63, 3.8) is 0 Å². The van der Waals surface area contributed by atoms with Gasteiger partial charge in [0.25, 0.3) is 11.8 Å². The third-order valence-corrected chi connectivity index (χ3v) is 4.35. The minimum Gasteiger partial charge on any atom is -0.352 e. The molecule has 2 amide bonds. The Morgan fingerprint density at radius 1 is 1.07 bits per heavy atom. The van der Waals surface area contributed by atoms with Gasteiger partial charge in [0.2, 0.25) is 0 Å². The van der Waals surface area contributed by atoms with Crippen LogP contribution in [0.5, 0.6) is 0 Å². The predicted octanol–water partition coefficient (Wildman–Crippen LogP) is 3.97. The maximum absolute atomic E-state index is 12.7. The van der Waals surface area contributed by atoms with Crippen LogP contribution in [-0.4, -0.2) is 41.3 Å². The first kappa shape index (κ1) is 20.9. The van der Waals surface area contributed by atoms with Gasteiger partial charge in [-0.1, -0.05) is 37.6 Å². The predicted molar refractivity (Wildman–Crippen MR) is 108 cm³/mol. The van der Waals surface area contributed by atoms with Crippen LogP contribution >= 0.6 is 11.6 Å². The van der Waals surface area contributed by atoms with Gasteiger partial charge in [-0.15, -0.1) is 0 Å². The van der Waals surface area contributed by atoms with Crippen molar-refractivity contribution >= 4 is 23.4 Å². The maximum atomic E-state index is 12.7. The van der Waals surface area contributed by atoms with Crippen molar-refractivity contribution in [3.8, 4) is 0 Å². The zero-order valence-corrected chi connectivity index (χ0v) is 16.6. The fourth-order valence-electron chi connectivity index (χ4n) is 2.83. The lowest BCUT2D eigenvalue weighted by Crippen LogP contribution is -2.33. The number of carbonyl (C=O) groups excluding carboxylic acids is 2. The summed E-state index contributed by atoms with van der Waals surface area (Å²) in [6.07, 6.45) is 5.46. The van der Waals surface area contributed by atoms with Crippen LogP contribution in [0.4, 0.5) is 0 Å². The second-order valence-electron chi connectivity index (χ2n) is 6.39. The van der Waals surface area contributed by atoms with Crippen LogP contribution in [0.15, 0.2) is 42.7 Å². The number of carbonyl (C=O) groups is 2. The number of nitrogens with one attached hydrogen (secondary N) is 1. The highest BCUT2D eigenvalue weighted by Gasteiger charge is 2.16. The number of hydrogen-bond donors (Lipinski definition) is 1. The van der Waals surface area contributed by atoms with Crippen LogP contribution in [0.25, 0.3) is 0 Å². The molecular weight excluding hydrogens is 362 g/mol. The first-order valence-electron chi connectivity index (χ1n) is 9.32. The van der Waals surface area contributed by atoms with Gasteiger partial charge in [-0.3, -0.25) is 14.6 Å². The second-order valence-corrected chi connectivity index (χ2v) is 6.83. The third-order valence-electron chi connectivity index (χ3n) is 4.11. The van der Waals surface area contributed by atoms with Gasteiger partial charge < -0.3 is 10.2 Å². The van der Waals surface area contributed by atoms with E-state index in [-0.39, 0.29) is 11.8 Å². The smallest absolute Gasteiger partial charge is 0.255 e. The quantitative estimate of drug-likeness (QED) is 0.708. The van der Waals surface area contributed by atoms with Crippen LogP contribution in [0, 0.1) is 0 Å². The standard InChI is InChI=1S/C21H26ClN3O2/c1-3-10-25(11-4-2)21(27)18-13-17(14-23-15-18)20(26)24-9-8-16-6-5-7-19(22)12-16/h5-7,12-15H,3-4,8-11H2,1-2H3,(H,24,26). The molecule has 1 N–H and O–H groups in total. The van der Waals surface area contributed by atoms with Crippen molar-refractivity contribution < 1.29 is 9.59 Å². The molecule has 0 unspecified atom stereocenters. The molecule has 0 spiro atoms. The molecule has 2 rings (SSSR count). The number of nitrogens with zero attached hydrogens (tertiary/aromatic N) is 2. The Labute approximate surface area is 165 Å². The first-order chi connectivity index (χ1) is 13.0. The minimum absolute atomic E-state index is 0.0835. The Morgan fingerprint density at radius 2 is 1.78 bits per heavy atom. The lowest BCUT2D eigenvalue weighted by molar-refractivity contribution is 0.0755. The molecule has 0 fully saturated rings. The van der Waals surface area contributed by atoms with E-state index in [1.165, 1.54) is 12.4 Å². The van der Waals surface area contributed by atoms with Crippen molar-refractivity contribution in [1.29, 1.82) is 0 Å². The molecule has 5 nitrogen and oxygen atoms in total. The van der Waals surface area contributed by atoms with Gasteiger partial charge >= 0.3 is 0 Å². The van der Waals surface area contributed by atoms with Crippen LogP contribution in [0.2, 0.25) is 5.02 Å². The Kier molecular flexibility index (Phi) is 8.27. The van der Waals surface area contributed by atoms with Crippen LogP contribution in [0.1, 0.15) is 53.0 Å². The van der Waals surface area contributed by atoms with Gasteiger partial charge in [0.1, 0.15) is 0 Å². The molecule has 0 bridgehead atoms. The molecule has 144 valence electrons. The number of rotatable bonds is 9. The number of aromatic nitrogens is 1. The van der Waals surface area contributed by atoms with Gasteiger partial charge in [-0.25, -0.2) is 0 Å². The summed E-state index contributed by atoms with van der Waals surface area (Å²) in [5.74, 6) is -0.323. The molecule has 0 radical (unpaired) electrons. The summed E-state index contributed by atoms with van der Waals surface area (Å²) in [5.41, 5.74) is 1.89. The molecule has 0 aliphatic heterocycles. The summed E-state index contributed by atoms with van der Waals surface area (Å²) < 4.78 is 0. The van der Waals surface area contributed by atoms with E-state index in [2.05, 4.69) is 10.3 Å². The third kappa shape index (κ3) is 6.36. The van der Waals surface area contributed by atoms with E-state index in [1.54, 1.807) is 11.0 Å². The SMILES string of the molecule is CCCN(CCC)C(=O)c1cncc(C(=O)NCCc2cccc(Cl)c2)c1. The van der Waals surface area contributed by atoms with E-state index < -0.39 is 0 Å². The highest BCUT2D eigenvalue weighted by atomic mass is 35.5. The van der Waals surface area contributed by atoms with Gasteiger partial charge in [-0.2, -0.15) is 0 Å². The Hall–Kier alpha value is -2.40. The Balaban J connectivity index is 1.98. The second kappa shape index (κ2) is 10.7. The van der Waals surface area contributed by atoms with Crippen molar-refractivity contribution in [2.45, 2.75) is 33.1 Å². The number of pyridine rings is 1. The number of halogens is 1. The molecule has 27 heavy (non-hydrogen) atoms. The maximum Gasteiger partial charge on any atom is 0.255 e. The van der Waals surface area contributed by atoms with E-state index in [4.69, 9.17) is 11.6 Å². The summed E-state index contributed by atoms with van der Waals surface area (Å²) in [5, 5.41) is 3.54. The Bertz CT molecular complexity index is 774.